The zero-order chi connectivity index (χ0) is 13.3. The Morgan fingerprint density at radius 1 is 1.06 bits per heavy atom. The Kier molecular flexibility index (Phi) is 3.88. The van der Waals surface area contributed by atoms with E-state index in [-0.39, 0.29) is 6.04 Å². The number of hydrogen-bond acceptors (Lipinski definition) is 2. The maximum atomic E-state index is 6.34. The van der Waals surface area contributed by atoms with Gasteiger partial charge in [0.1, 0.15) is 0 Å². The van der Waals surface area contributed by atoms with Crippen molar-refractivity contribution in [3.63, 3.8) is 0 Å². The van der Waals surface area contributed by atoms with Crippen molar-refractivity contribution in [2.24, 2.45) is 5.73 Å². The van der Waals surface area contributed by atoms with Crippen LogP contribution in [-0.2, 0) is 6.42 Å². The van der Waals surface area contributed by atoms with Crippen LogP contribution in [-0.4, -0.2) is 0 Å². The van der Waals surface area contributed by atoms with Crippen molar-refractivity contribution in [3.05, 3.63) is 56.3 Å². The summed E-state index contributed by atoms with van der Waals surface area (Å²) in [6, 6.07) is 8.94. The van der Waals surface area contributed by atoms with E-state index in [4.69, 9.17) is 5.73 Å². The van der Waals surface area contributed by atoms with Gasteiger partial charge in [-0.1, -0.05) is 23.8 Å². The number of nitrogens with two attached hydrogens (primary N) is 1. The lowest BCUT2D eigenvalue weighted by atomic mass is 9.98. The molecule has 0 aliphatic carbocycles. The van der Waals surface area contributed by atoms with Crippen LogP contribution in [0.4, 0.5) is 0 Å². The van der Waals surface area contributed by atoms with Gasteiger partial charge >= 0.3 is 0 Å². The monoisotopic (exact) mass is 259 g/mol. The van der Waals surface area contributed by atoms with Gasteiger partial charge in [0.05, 0.1) is 0 Å². The van der Waals surface area contributed by atoms with E-state index < -0.39 is 0 Å². The van der Waals surface area contributed by atoms with Crippen LogP contribution in [0.25, 0.3) is 0 Å². The number of rotatable bonds is 3. The van der Waals surface area contributed by atoms with Crippen LogP contribution in [0.1, 0.15) is 38.0 Å². The number of hydrogen-bond donors (Lipinski definition) is 1. The largest absolute Gasteiger partial charge is 0.323 e. The van der Waals surface area contributed by atoms with E-state index in [1.54, 1.807) is 0 Å². The van der Waals surface area contributed by atoms with Gasteiger partial charge in [-0.05, 0) is 56.9 Å². The maximum Gasteiger partial charge on any atom is 0.0430 e. The van der Waals surface area contributed by atoms with Gasteiger partial charge in [0, 0.05) is 15.8 Å². The van der Waals surface area contributed by atoms with Gasteiger partial charge in [-0.2, -0.15) is 0 Å². The van der Waals surface area contributed by atoms with Crippen molar-refractivity contribution in [1.29, 1.82) is 0 Å². The lowest BCUT2D eigenvalue weighted by Crippen LogP contribution is -2.12. The Morgan fingerprint density at radius 2 is 1.78 bits per heavy atom. The summed E-state index contributed by atoms with van der Waals surface area (Å²) in [4.78, 5) is 2.67. The molecule has 1 nitrogen and oxygen atoms in total. The normalized spacial score (nSPS) is 12.7. The van der Waals surface area contributed by atoms with E-state index in [0.717, 1.165) is 6.42 Å². The Bertz CT molecular complexity index is 535. The standard InChI is InChI=1S/C16H21NS/c1-10-5-6-11(2)14(7-10)9-15(17)16-8-12(3)13(4)18-16/h5-8,15H,9,17H2,1-4H3. The summed E-state index contributed by atoms with van der Waals surface area (Å²) in [7, 11) is 0. The highest BCUT2D eigenvalue weighted by atomic mass is 32.1. The van der Waals surface area contributed by atoms with E-state index in [1.165, 1.54) is 32.0 Å². The van der Waals surface area contributed by atoms with Crippen molar-refractivity contribution in [1.82, 2.24) is 0 Å². The molecule has 0 amide bonds. The molecule has 1 aromatic carbocycles. The van der Waals surface area contributed by atoms with Gasteiger partial charge in [0.15, 0.2) is 0 Å². The molecule has 0 aliphatic heterocycles. The van der Waals surface area contributed by atoms with Crippen molar-refractivity contribution < 1.29 is 0 Å². The third kappa shape index (κ3) is 2.82. The van der Waals surface area contributed by atoms with Gasteiger partial charge in [0.2, 0.25) is 0 Å². The fourth-order valence-electron chi connectivity index (χ4n) is 2.14. The van der Waals surface area contributed by atoms with E-state index in [0.29, 0.717) is 0 Å². The van der Waals surface area contributed by atoms with E-state index >= 15 is 0 Å². The van der Waals surface area contributed by atoms with Crippen LogP contribution < -0.4 is 5.73 Å². The smallest absolute Gasteiger partial charge is 0.0430 e. The molecular weight excluding hydrogens is 238 g/mol. The van der Waals surface area contributed by atoms with Crippen LogP contribution in [0, 0.1) is 27.7 Å². The highest BCUT2D eigenvalue weighted by Gasteiger charge is 2.12. The molecule has 2 N–H and O–H groups in total. The third-order valence-corrected chi connectivity index (χ3v) is 4.78. The second kappa shape index (κ2) is 5.25. The minimum Gasteiger partial charge on any atom is -0.323 e. The van der Waals surface area contributed by atoms with Crippen LogP contribution in [0.5, 0.6) is 0 Å². The zero-order valence-electron chi connectivity index (χ0n) is 11.6. The van der Waals surface area contributed by atoms with E-state index in [1.807, 2.05) is 11.3 Å². The lowest BCUT2D eigenvalue weighted by molar-refractivity contribution is 0.732. The minimum atomic E-state index is 0.114. The number of aryl methyl sites for hydroxylation is 4. The molecule has 0 saturated carbocycles. The molecule has 0 fully saturated rings. The molecule has 1 unspecified atom stereocenters. The van der Waals surface area contributed by atoms with Crippen molar-refractivity contribution in [2.45, 2.75) is 40.2 Å². The number of thiophene rings is 1. The summed E-state index contributed by atoms with van der Waals surface area (Å²) in [5.41, 5.74) is 11.7. The predicted octanol–water partition coefficient (Wildman–Crippen LogP) is 4.22. The zero-order valence-corrected chi connectivity index (χ0v) is 12.4. The van der Waals surface area contributed by atoms with Gasteiger partial charge < -0.3 is 5.73 Å². The molecule has 96 valence electrons. The summed E-state index contributed by atoms with van der Waals surface area (Å²) in [6.07, 6.45) is 0.924. The van der Waals surface area contributed by atoms with Crippen LogP contribution >= 0.6 is 11.3 Å². The molecule has 0 radical (unpaired) electrons. The first kappa shape index (κ1) is 13.3. The Balaban J connectivity index is 2.20. The fourth-order valence-corrected chi connectivity index (χ4v) is 3.19. The molecule has 1 aromatic heterocycles. The summed E-state index contributed by atoms with van der Waals surface area (Å²) in [5, 5.41) is 0. The topological polar surface area (TPSA) is 26.0 Å². The molecule has 1 atom stereocenters. The first-order valence-corrected chi connectivity index (χ1v) is 7.17. The first-order valence-electron chi connectivity index (χ1n) is 6.36. The molecule has 2 heteroatoms. The number of benzene rings is 1. The van der Waals surface area contributed by atoms with Gasteiger partial charge in [-0.15, -0.1) is 11.3 Å². The Hall–Kier alpha value is -1.12. The molecule has 0 saturated heterocycles. The molecule has 0 aliphatic rings. The van der Waals surface area contributed by atoms with Crippen molar-refractivity contribution in [2.75, 3.05) is 0 Å². The maximum absolute atomic E-state index is 6.34. The van der Waals surface area contributed by atoms with Crippen molar-refractivity contribution in [3.8, 4) is 0 Å². The van der Waals surface area contributed by atoms with E-state index in [9.17, 15) is 0 Å². The summed E-state index contributed by atoms with van der Waals surface area (Å²) in [5.74, 6) is 0. The second-order valence-corrected chi connectivity index (χ2v) is 6.42. The average Bonchev–Trinajstić information content (AvgIpc) is 2.64. The van der Waals surface area contributed by atoms with E-state index in [2.05, 4.69) is 52.0 Å². The average molecular weight is 259 g/mol. The minimum absolute atomic E-state index is 0.114. The Morgan fingerprint density at radius 3 is 2.39 bits per heavy atom. The van der Waals surface area contributed by atoms with Crippen molar-refractivity contribution >= 4 is 11.3 Å². The second-order valence-electron chi connectivity index (χ2n) is 5.13. The quantitative estimate of drug-likeness (QED) is 0.877. The fraction of sp³-hybridized carbons (Fsp3) is 0.375. The molecule has 18 heavy (non-hydrogen) atoms. The lowest BCUT2D eigenvalue weighted by Gasteiger charge is -2.12. The highest BCUT2D eigenvalue weighted by molar-refractivity contribution is 7.12. The molecular formula is C16H21NS. The summed E-state index contributed by atoms with van der Waals surface area (Å²) in [6.45, 7) is 8.61. The molecule has 0 bridgehead atoms. The first-order chi connectivity index (χ1) is 8.47. The molecule has 1 heterocycles. The van der Waals surface area contributed by atoms with Crippen LogP contribution in [0.15, 0.2) is 24.3 Å². The predicted molar refractivity (Wildman–Crippen MR) is 80.3 cm³/mol. The molecule has 2 rings (SSSR count). The molecule has 0 spiro atoms. The van der Waals surface area contributed by atoms with Gasteiger partial charge in [-0.3, -0.25) is 0 Å². The molecule has 2 aromatic rings. The third-order valence-electron chi connectivity index (χ3n) is 3.49. The van der Waals surface area contributed by atoms with Crippen LogP contribution in [0.2, 0.25) is 0 Å². The van der Waals surface area contributed by atoms with Gasteiger partial charge in [0.25, 0.3) is 0 Å². The highest BCUT2D eigenvalue weighted by Crippen LogP contribution is 2.28. The Labute approximate surface area is 114 Å². The summed E-state index contributed by atoms with van der Waals surface area (Å²) < 4.78 is 0. The van der Waals surface area contributed by atoms with Crippen LogP contribution in [0.3, 0.4) is 0 Å². The van der Waals surface area contributed by atoms with Gasteiger partial charge in [-0.25, -0.2) is 0 Å². The summed E-state index contributed by atoms with van der Waals surface area (Å²) >= 11 is 1.83. The SMILES string of the molecule is Cc1ccc(C)c(CC(N)c2cc(C)c(C)s2)c1.